The number of likely N-dealkylation sites (tertiary alicyclic amines) is 1. The topological polar surface area (TPSA) is 57.7 Å². The van der Waals surface area contributed by atoms with E-state index >= 15 is 0 Å². The van der Waals surface area contributed by atoms with Crippen molar-refractivity contribution in [2.75, 3.05) is 19.6 Å². The first-order chi connectivity index (χ1) is 12.1. The first kappa shape index (κ1) is 16.5. The Balaban J connectivity index is 1.66. The summed E-state index contributed by atoms with van der Waals surface area (Å²) >= 11 is 0. The van der Waals surface area contributed by atoms with E-state index in [1.807, 2.05) is 35.2 Å². The van der Waals surface area contributed by atoms with Crippen molar-refractivity contribution >= 4 is 26.7 Å². The van der Waals surface area contributed by atoms with Gasteiger partial charge in [-0.15, -0.1) is 0 Å². The van der Waals surface area contributed by atoms with Gasteiger partial charge in [0.2, 0.25) is 15.9 Å². The lowest BCUT2D eigenvalue weighted by atomic mass is 10.1. The fourth-order valence-electron chi connectivity index (χ4n) is 3.89. The summed E-state index contributed by atoms with van der Waals surface area (Å²) in [6.45, 7) is 1.91. The molecule has 0 aliphatic carbocycles. The second-order valence-corrected chi connectivity index (χ2v) is 8.71. The number of amides is 1. The third-order valence-corrected chi connectivity index (χ3v) is 7.14. The molecule has 5 nitrogen and oxygen atoms in total. The van der Waals surface area contributed by atoms with Crippen molar-refractivity contribution < 1.29 is 13.2 Å². The fraction of sp³-hybridized carbons (Fsp3) is 0.421. The van der Waals surface area contributed by atoms with Crippen molar-refractivity contribution in [1.29, 1.82) is 0 Å². The molecule has 2 aliphatic rings. The third kappa shape index (κ3) is 2.93. The lowest BCUT2D eigenvalue weighted by Crippen LogP contribution is -2.46. The molecule has 4 rings (SSSR count). The SMILES string of the molecule is O=C([C@H]1CCCN1S(=O)(=O)c1ccc2ccccc2c1)N1CCCC1. The number of carbonyl (C=O) groups is 1. The van der Waals surface area contributed by atoms with Gasteiger partial charge in [-0.2, -0.15) is 4.31 Å². The number of nitrogens with zero attached hydrogens (tertiary/aromatic N) is 2. The van der Waals surface area contributed by atoms with Crippen LogP contribution in [0.4, 0.5) is 0 Å². The second kappa shape index (κ2) is 6.42. The number of hydrogen-bond donors (Lipinski definition) is 0. The van der Waals surface area contributed by atoms with Gasteiger partial charge in [-0.1, -0.05) is 30.3 Å². The Morgan fingerprint density at radius 1 is 0.920 bits per heavy atom. The molecule has 2 aliphatic heterocycles. The minimum atomic E-state index is -3.67. The number of benzene rings is 2. The summed E-state index contributed by atoms with van der Waals surface area (Å²) in [4.78, 5) is 14.9. The molecule has 132 valence electrons. The Hall–Kier alpha value is -1.92. The quantitative estimate of drug-likeness (QED) is 0.847. The van der Waals surface area contributed by atoms with Gasteiger partial charge in [0.25, 0.3) is 0 Å². The van der Waals surface area contributed by atoms with Crippen molar-refractivity contribution in [3.63, 3.8) is 0 Å². The highest BCUT2D eigenvalue weighted by molar-refractivity contribution is 7.89. The number of sulfonamides is 1. The van der Waals surface area contributed by atoms with Crippen LogP contribution < -0.4 is 0 Å². The van der Waals surface area contributed by atoms with Crippen LogP contribution in [0.25, 0.3) is 10.8 Å². The van der Waals surface area contributed by atoms with E-state index in [1.165, 1.54) is 4.31 Å². The summed E-state index contributed by atoms with van der Waals surface area (Å²) in [6.07, 6.45) is 3.37. The Bertz CT molecular complexity index is 904. The summed E-state index contributed by atoms with van der Waals surface area (Å²) in [6, 6.07) is 12.3. The largest absolute Gasteiger partial charge is 0.341 e. The molecule has 2 fully saturated rings. The molecule has 2 saturated heterocycles. The minimum Gasteiger partial charge on any atom is -0.341 e. The first-order valence-electron chi connectivity index (χ1n) is 8.87. The van der Waals surface area contributed by atoms with Gasteiger partial charge >= 0.3 is 0 Å². The van der Waals surface area contributed by atoms with Crippen LogP contribution in [0, 0.1) is 0 Å². The molecule has 0 bridgehead atoms. The van der Waals surface area contributed by atoms with Crippen molar-refractivity contribution in [2.24, 2.45) is 0 Å². The highest BCUT2D eigenvalue weighted by atomic mass is 32.2. The molecule has 1 atom stereocenters. The fourth-order valence-corrected chi connectivity index (χ4v) is 5.57. The molecule has 0 N–H and O–H groups in total. The van der Waals surface area contributed by atoms with Gasteiger partial charge in [0.1, 0.15) is 6.04 Å². The van der Waals surface area contributed by atoms with E-state index < -0.39 is 16.1 Å². The maximum Gasteiger partial charge on any atom is 0.243 e. The van der Waals surface area contributed by atoms with E-state index in [4.69, 9.17) is 0 Å². The average molecular weight is 358 g/mol. The summed E-state index contributed by atoms with van der Waals surface area (Å²) in [7, 11) is -3.67. The Labute approximate surface area is 148 Å². The summed E-state index contributed by atoms with van der Waals surface area (Å²) in [5, 5.41) is 1.90. The molecule has 0 radical (unpaired) electrons. The highest BCUT2D eigenvalue weighted by Gasteiger charge is 2.41. The van der Waals surface area contributed by atoms with Gasteiger partial charge in [0.05, 0.1) is 4.90 Å². The van der Waals surface area contributed by atoms with Crippen LogP contribution in [0.1, 0.15) is 25.7 Å². The molecule has 0 aromatic heterocycles. The maximum absolute atomic E-state index is 13.2. The van der Waals surface area contributed by atoms with Gasteiger partial charge in [-0.25, -0.2) is 8.42 Å². The van der Waals surface area contributed by atoms with Crippen LogP contribution in [0.15, 0.2) is 47.4 Å². The zero-order chi connectivity index (χ0) is 17.4. The molecule has 1 amide bonds. The van der Waals surface area contributed by atoms with E-state index in [9.17, 15) is 13.2 Å². The molecule has 2 heterocycles. The number of hydrogen-bond acceptors (Lipinski definition) is 3. The van der Waals surface area contributed by atoms with E-state index in [0.717, 1.165) is 43.1 Å². The van der Waals surface area contributed by atoms with Gasteiger partial charge in [-0.3, -0.25) is 4.79 Å². The average Bonchev–Trinajstić information content (AvgIpc) is 3.32. The molecular weight excluding hydrogens is 336 g/mol. The lowest BCUT2D eigenvalue weighted by molar-refractivity contribution is -0.133. The number of carbonyl (C=O) groups excluding carboxylic acids is 1. The van der Waals surface area contributed by atoms with E-state index in [2.05, 4.69) is 0 Å². The van der Waals surface area contributed by atoms with E-state index in [-0.39, 0.29) is 10.8 Å². The summed E-state index contributed by atoms with van der Waals surface area (Å²) < 4.78 is 27.7. The Morgan fingerprint density at radius 3 is 2.40 bits per heavy atom. The van der Waals surface area contributed by atoms with Gasteiger partial charge < -0.3 is 4.90 Å². The highest BCUT2D eigenvalue weighted by Crippen LogP contribution is 2.29. The van der Waals surface area contributed by atoms with Crippen molar-refractivity contribution in [1.82, 2.24) is 9.21 Å². The normalized spacial score (nSPS) is 21.9. The van der Waals surface area contributed by atoms with Crippen molar-refractivity contribution in [3.8, 4) is 0 Å². The number of rotatable bonds is 3. The first-order valence-corrected chi connectivity index (χ1v) is 10.3. The van der Waals surface area contributed by atoms with E-state index in [1.54, 1.807) is 12.1 Å². The van der Waals surface area contributed by atoms with Gasteiger partial charge in [0, 0.05) is 19.6 Å². The molecule has 0 spiro atoms. The maximum atomic E-state index is 13.2. The van der Waals surface area contributed by atoms with Crippen LogP contribution in [0.5, 0.6) is 0 Å². The molecular formula is C19H22N2O3S. The second-order valence-electron chi connectivity index (χ2n) is 6.82. The Kier molecular flexibility index (Phi) is 4.25. The van der Waals surface area contributed by atoms with Crippen LogP contribution in [-0.2, 0) is 14.8 Å². The minimum absolute atomic E-state index is 0.0284. The van der Waals surface area contributed by atoms with Crippen LogP contribution in [0.3, 0.4) is 0 Å². The van der Waals surface area contributed by atoms with Crippen LogP contribution in [0.2, 0.25) is 0 Å². The van der Waals surface area contributed by atoms with Crippen LogP contribution >= 0.6 is 0 Å². The third-order valence-electron chi connectivity index (χ3n) is 5.23. The Morgan fingerprint density at radius 2 is 1.64 bits per heavy atom. The molecule has 2 aromatic rings. The predicted molar refractivity (Wildman–Crippen MR) is 96.7 cm³/mol. The lowest BCUT2D eigenvalue weighted by Gasteiger charge is -2.27. The zero-order valence-electron chi connectivity index (χ0n) is 14.1. The molecule has 0 saturated carbocycles. The van der Waals surface area contributed by atoms with Crippen molar-refractivity contribution in [2.45, 2.75) is 36.6 Å². The molecule has 6 heteroatoms. The van der Waals surface area contributed by atoms with E-state index in [0.29, 0.717) is 13.0 Å². The molecule has 2 aromatic carbocycles. The van der Waals surface area contributed by atoms with Gasteiger partial charge in [0.15, 0.2) is 0 Å². The predicted octanol–water partition coefficient (Wildman–Crippen LogP) is 2.62. The zero-order valence-corrected chi connectivity index (χ0v) is 14.9. The summed E-state index contributed by atoms with van der Waals surface area (Å²) in [5.41, 5.74) is 0. The summed E-state index contributed by atoms with van der Waals surface area (Å²) in [5.74, 6) is -0.0284. The van der Waals surface area contributed by atoms with Crippen LogP contribution in [-0.4, -0.2) is 49.2 Å². The smallest absolute Gasteiger partial charge is 0.243 e. The number of fused-ring (bicyclic) bond motifs is 1. The van der Waals surface area contributed by atoms with Crippen molar-refractivity contribution in [3.05, 3.63) is 42.5 Å². The monoisotopic (exact) mass is 358 g/mol. The standard InChI is InChI=1S/C19H22N2O3S/c22-19(20-11-3-4-12-20)18-8-5-13-21(18)25(23,24)17-10-9-15-6-1-2-7-16(15)14-17/h1-2,6-7,9-10,14,18H,3-5,8,11-13H2/t18-/m1/s1. The molecule has 25 heavy (non-hydrogen) atoms. The van der Waals surface area contributed by atoms with Gasteiger partial charge in [-0.05, 0) is 48.6 Å². The molecule has 0 unspecified atom stereocenters.